The van der Waals surface area contributed by atoms with Gasteiger partial charge in [-0.15, -0.1) is 20.4 Å². The molecule has 0 aliphatic carbocycles. The number of nitrogens with two attached hydrogens (primary N) is 2. The number of alkyl halides is 6. The molecule has 6 rings (SSSR count). The Kier molecular flexibility index (Phi) is 15.2. The van der Waals surface area contributed by atoms with Crippen molar-refractivity contribution in [3.05, 3.63) is 105 Å². The first-order valence-corrected chi connectivity index (χ1v) is 16.2. The van der Waals surface area contributed by atoms with Gasteiger partial charge in [0, 0.05) is 87.5 Å². The molecule has 0 saturated heterocycles. The molecule has 25 heteroatoms. The summed E-state index contributed by atoms with van der Waals surface area (Å²) >= 11 is 0. The summed E-state index contributed by atoms with van der Waals surface area (Å²) in [5.41, 5.74) is 10.9. The summed E-state index contributed by atoms with van der Waals surface area (Å²) < 4.78 is 158. The monoisotopic (exact) mass is 879 g/mol. The fourth-order valence-electron chi connectivity index (χ4n) is 5.78. The topological polar surface area (TPSA) is 154 Å². The molecule has 0 fully saturated rings. The average Bonchev–Trinajstić information content (AvgIpc) is 3.74. The van der Waals surface area contributed by atoms with Gasteiger partial charge in [0.25, 0.3) is 0 Å². The van der Waals surface area contributed by atoms with Crippen LogP contribution in [0.25, 0.3) is 0 Å². The third-order valence-electron chi connectivity index (χ3n) is 8.48. The van der Waals surface area contributed by atoms with E-state index in [4.69, 9.17) is 11.5 Å². The number of nitrogens with zero attached hydrogens (tertiary/aromatic N) is 8. The SMILES string of the molecule is C.N/C(=C\C(=O)N1CCn2c(nnc2C(F)(F)F)C1)Cc1cc(F)c(F)cc1F.NC(CC(=O)N1CCn2c(nnc2C(F)(F)F)C1)Cc1cc(F)c(F)cc1F.[V]. The Bertz CT molecular complexity index is 2160. The number of rotatable bonds is 7. The van der Waals surface area contributed by atoms with Crippen LogP contribution in [-0.2, 0) is 79.5 Å². The molecule has 1 atom stereocenters. The van der Waals surface area contributed by atoms with Gasteiger partial charge in [0.2, 0.25) is 23.5 Å². The molecule has 0 bridgehead atoms. The Balaban J connectivity index is 0.000000300. The maximum atomic E-state index is 13.7. The summed E-state index contributed by atoms with van der Waals surface area (Å²) in [5, 5.41) is 13.2. The third-order valence-corrected chi connectivity index (χ3v) is 8.48. The molecular weight excluding hydrogens is 847 g/mol. The number of halogens is 12. The normalized spacial score (nSPS) is 14.7. The molecule has 0 saturated carbocycles. The summed E-state index contributed by atoms with van der Waals surface area (Å²) in [7, 11) is 0. The molecule has 1 unspecified atom stereocenters. The van der Waals surface area contributed by atoms with Crippen LogP contribution < -0.4 is 11.5 Å². The van der Waals surface area contributed by atoms with Gasteiger partial charge in [-0.05, 0) is 29.7 Å². The van der Waals surface area contributed by atoms with Gasteiger partial charge in [-0.3, -0.25) is 9.59 Å². The molecule has 58 heavy (non-hydrogen) atoms. The van der Waals surface area contributed by atoms with Crippen LogP contribution in [0.2, 0.25) is 0 Å². The summed E-state index contributed by atoms with van der Waals surface area (Å²) in [5.74, 6) is -10.6. The molecule has 2 aliphatic rings. The van der Waals surface area contributed by atoms with Gasteiger partial charge in [-0.1, -0.05) is 7.43 Å². The van der Waals surface area contributed by atoms with Crippen LogP contribution in [0.15, 0.2) is 36.0 Å². The Labute approximate surface area is 332 Å². The molecule has 12 nitrogen and oxygen atoms in total. The molecule has 0 spiro atoms. The summed E-state index contributed by atoms with van der Waals surface area (Å²) in [6.07, 6.45) is -9.16. The number of carbonyl (C=O) groups is 2. The average molecular weight is 880 g/mol. The van der Waals surface area contributed by atoms with Gasteiger partial charge in [-0.2, -0.15) is 26.3 Å². The van der Waals surface area contributed by atoms with Crippen molar-refractivity contribution in [3.63, 3.8) is 0 Å². The van der Waals surface area contributed by atoms with Crippen LogP contribution in [0, 0.1) is 34.9 Å². The number of hydrogen-bond donors (Lipinski definition) is 2. The third kappa shape index (κ3) is 11.1. The largest absolute Gasteiger partial charge is 0.451 e. The molecule has 4 N–H and O–H groups in total. The van der Waals surface area contributed by atoms with Crippen LogP contribution in [0.1, 0.15) is 48.3 Å². The number of carbonyl (C=O) groups excluding carboxylic acids is 2. The number of benzene rings is 2. The van der Waals surface area contributed by atoms with E-state index in [1.165, 1.54) is 9.80 Å². The minimum absolute atomic E-state index is 0. The first-order chi connectivity index (χ1) is 26.1. The van der Waals surface area contributed by atoms with Crippen molar-refractivity contribution in [2.75, 3.05) is 13.1 Å². The van der Waals surface area contributed by atoms with E-state index in [1.54, 1.807) is 0 Å². The summed E-state index contributed by atoms with van der Waals surface area (Å²) in [6, 6.07) is 1.19. The minimum Gasteiger partial charge on any atom is -0.402 e. The van der Waals surface area contributed by atoms with Crippen molar-refractivity contribution < 1.29 is 80.8 Å². The zero-order valence-corrected chi connectivity index (χ0v) is 30.3. The number of aromatic nitrogens is 6. The van der Waals surface area contributed by atoms with E-state index in [9.17, 15) is 62.3 Å². The first kappa shape index (κ1) is 47.3. The fourth-order valence-corrected chi connectivity index (χ4v) is 5.78. The van der Waals surface area contributed by atoms with Gasteiger partial charge in [0.05, 0.1) is 13.1 Å². The van der Waals surface area contributed by atoms with Crippen LogP contribution in [0.4, 0.5) is 52.7 Å². The molecule has 2 amide bonds. The van der Waals surface area contributed by atoms with Crippen molar-refractivity contribution >= 4 is 11.8 Å². The maximum Gasteiger partial charge on any atom is 0.451 e. The van der Waals surface area contributed by atoms with Crippen molar-refractivity contribution in [2.24, 2.45) is 11.5 Å². The molecular formula is C33H32F12N10O2V. The van der Waals surface area contributed by atoms with Crippen molar-refractivity contribution in [3.8, 4) is 0 Å². The van der Waals surface area contributed by atoms with E-state index in [1.807, 2.05) is 0 Å². The fraction of sp³-hybridized carbons (Fsp3) is 0.394. The Morgan fingerprint density at radius 2 is 1.10 bits per heavy atom. The summed E-state index contributed by atoms with van der Waals surface area (Å²) in [4.78, 5) is 27.1. The maximum absolute atomic E-state index is 13.7. The smallest absolute Gasteiger partial charge is 0.402 e. The van der Waals surface area contributed by atoms with Crippen LogP contribution in [0.3, 0.4) is 0 Å². The number of allylic oxidation sites excluding steroid dienone is 1. The van der Waals surface area contributed by atoms with Crippen LogP contribution in [-0.4, -0.2) is 70.3 Å². The van der Waals surface area contributed by atoms with E-state index in [0.29, 0.717) is 24.3 Å². The van der Waals surface area contributed by atoms with Crippen molar-refractivity contribution in [1.29, 1.82) is 0 Å². The predicted octanol–water partition coefficient (Wildman–Crippen LogP) is 4.79. The van der Waals surface area contributed by atoms with Gasteiger partial charge in [-0.25, -0.2) is 26.3 Å². The standard InChI is InChI=1S/C16H15F6N5O.C16H13F6N5O.CH4.V/c2*17-10-6-12(19)11(18)4-8(10)3-9(23)5-14(28)26-1-2-27-13(7-26)24-25-15(27)16(20,21)22;;/h4,6,9H,1-3,5,7,23H2;4-6H,1-3,7,23H2;1H4;/b;9-5-;;. The number of amides is 2. The van der Waals surface area contributed by atoms with E-state index < -0.39 is 76.8 Å². The molecule has 1 radical (unpaired) electrons. The zero-order valence-electron chi connectivity index (χ0n) is 28.9. The van der Waals surface area contributed by atoms with Crippen LogP contribution >= 0.6 is 0 Å². The quantitative estimate of drug-likeness (QED) is 0.153. The Morgan fingerprint density at radius 3 is 1.60 bits per heavy atom. The first-order valence-electron chi connectivity index (χ1n) is 16.2. The van der Waals surface area contributed by atoms with Crippen LogP contribution in [0.5, 0.6) is 0 Å². The van der Waals surface area contributed by atoms with Gasteiger partial charge < -0.3 is 30.4 Å². The summed E-state index contributed by atoms with van der Waals surface area (Å²) in [6.45, 7) is -0.723. The second-order valence-electron chi connectivity index (χ2n) is 12.5. The molecule has 2 aliphatic heterocycles. The molecule has 2 aromatic carbocycles. The second kappa shape index (κ2) is 18.7. The molecule has 2 aromatic heterocycles. The minimum atomic E-state index is -4.66. The van der Waals surface area contributed by atoms with E-state index in [0.717, 1.165) is 15.2 Å². The van der Waals surface area contributed by atoms with Gasteiger partial charge in [0.15, 0.2) is 34.9 Å². The molecule has 4 heterocycles. The van der Waals surface area contributed by atoms with E-state index in [2.05, 4.69) is 20.4 Å². The number of hydrogen-bond acceptors (Lipinski definition) is 8. The predicted molar refractivity (Wildman–Crippen MR) is 173 cm³/mol. The van der Waals surface area contributed by atoms with E-state index >= 15 is 0 Å². The van der Waals surface area contributed by atoms with Gasteiger partial charge in [0.1, 0.15) is 11.6 Å². The molecule has 4 aromatic rings. The van der Waals surface area contributed by atoms with Crippen molar-refractivity contribution in [2.45, 2.75) is 71.3 Å². The Hall–Kier alpha value is -5.10. The van der Waals surface area contributed by atoms with Crippen molar-refractivity contribution in [1.82, 2.24) is 39.3 Å². The zero-order chi connectivity index (χ0) is 41.3. The second-order valence-corrected chi connectivity index (χ2v) is 12.5. The number of fused-ring (bicyclic) bond motifs is 2. The Morgan fingerprint density at radius 1 is 0.672 bits per heavy atom. The van der Waals surface area contributed by atoms with Gasteiger partial charge >= 0.3 is 12.4 Å². The molecule has 315 valence electrons. The van der Waals surface area contributed by atoms with E-state index in [-0.39, 0.29) is 113 Å².